The molecule has 7 N–H and O–H groups in total. The van der Waals surface area contributed by atoms with Crippen LogP contribution in [0.15, 0.2) is 48.8 Å². The van der Waals surface area contributed by atoms with Crippen molar-refractivity contribution in [3.8, 4) is 0 Å². The van der Waals surface area contributed by atoms with Gasteiger partial charge in [-0.05, 0) is 24.3 Å². The van der Waals surface area contributed by atoms with Gasteiger partial charge in [-0.15, -0.1) is 0 Å². The molecule has 2 rings (SSSR count). The summed E-state index contributed by atoms with van der Waals surface area (Å²) in [5, 5.41) is 3.60. The van der Waals surface area contributed by atoms with E-state index in [9.17, 15) is 0 Å². The summed E-state index contributed by atoms with van der Waals surface area (Å²) in [6.45, 7) is 2.60. The van der Waals surface area contributed by atoms with Crippen LogP contribution in [0, 0.1) is 0 Å². The maximum absolute atomic E-state index is 5.43. The zero-order chi connectivity index (χ0) is 15.8. The van der Waals surface area contributed by atoms with Gasteiger partial charge < -0.3 is 22.5 Å². The lowest BCUT2D eigenvalue weighted by Gasteiger charge is -2.00. The molecule has 0 radical (unpaired) electrons. The van der Waals surface area contributed by atoms with E-state index in [1.165, 1.54) is 0 Å². The van der Waals surface area contributed by atoms with Crippen LogP contribution in [0.2, 0.25) is 5.15 Å². The molecule has 0 amide bonds. The van der Waals surface area contributed by atoms with Crippen molar-refractivity contribution in [2.75, 3.05) is 31.5 Å². The third-order valence-electron chi connectivity index (χ3n) is 1.91. The molecule has 7 heteroatoms. The number of anilines is 1. The minimum Gasteiger partial charge on any atom is -0.369 e. The fourth-order valence-corrected chi connectivity index (χ4v) is 1.14. The molecule has 2 aromatic heterocycles. The van der Waals surface area contributed by atoms with E-state index in [4.69, 9.17) is 28.8 Å². The first-order chi connectivity index (χ1) is 10.2. The van der Waals surface area contributed by atoms with Crippen LogP contribution in [0.25, 0.3) is 0 Å². The van der Waals surface area contributed by atoms with E-state index in [-0.39, 0.29) is 0 Å². The number of nitrogens with two attached hydrogens (primary N) is 3. The fourth-order valence-electron chi connectivity index (χ4n) is 1.01. The molecule has 0 aliphatic rings. The topological polar surface area (TPSA) is 116 Å². The van der Waals surface area contributed by atoms with Gasteiger partial charge in [0.1, 0.15) is 11.0 Å². The van der Waals surface area contributed by atoms with E-state index < -0.39 is 0 Å². The van der Waals surface area contributed by atoms with Crippen LogP contribution in [0.5, 0.6) is 0 Å². The monoisotopic (exact) mass is 310 g/mol. The molecule has 21 heavy (non-hydrogen) atoms. The van der Waals surface area contributed by atoms with Crippen LogP contribution in [-0.2, 0) is 0 Å². The number of aromatic nitrogens is 2. The summed E-state index contributed by atoms with van der Waals surface area (Å²) in [6.07, 6.45) is 3.40. The maximum atomic E-state index is 5.43. The van der Waals surface area contributed by atoms with Gasteiger partial charge in [-0.25, -0.2) is 9.97 Å². The molecule has 0 aliphatic carbocycles. The molecular weight excluding hydrogens is 288 g/mol. The molecule has 2 heterocycles. The van der Waals surface area contributed by atoms with Crippen molar-refractivity contribution in [1.29, 1.82) is 0 Å². The molecule has 2 aromatic rings. The normalized spacial score (nSPS) is 8.76. The maximum Gasteiger partial charge on any atom is 0.129 e. The first-order valence-electron chi connectivity index (χ1n) is 6.56. The molecule has 0 fully saturated rings. The van der Waals surface area contributed by atoms with Gasteiger partial charge in [0.05, 0.1) is 0 Å². The predicted octanol–water partition coefficient (Wildman–Crippen LogP) is 1.09. The molecule has 0 saturated carbocycles. The van der Waals surface area contributed by atoms with Crippen LogP contribution in [-0.4, -0.2) is 36.1 Å². The lowest BCUT2D eigenvalue weighted by atomic mass is 10.4. The molecule has 0 unspecified atom stereocenters. The van der Waals surface area contributed by atoms with Crippen LogP contribution < -0.4 is 22.5 Å². The van der Waals surface area contributed by atoms with Crippen molar-refractivity contribution in [3.05, 3.63) is 53.9 Å². The van der Waals surface area contributed by atoms with E-state index in [1.54, 1.807) is 18.5 Å². The molecule has 0 atom stereocenters. The van der Waals surface area contributed by atoms with Gasteiger partial charge in [0.25, 0.3) is 0 Å². The van der Waals surface area contributed by atoms with Crippen LogP contribution in [0.3, 0.4) is 0 Å². The fraction of sp³-hybridized carbons (Fsp3) is 0.286. The SMILES string of the molecule is Clc1ccccn1.NCCN.NCCNc1ccccn1. The zero-order valence-corrected chi connectivity index (χ0v) is 12.7. The van der Waals surface area contributed by atoms with Crippen LogP contribution in [0.4, 0.5) is 5.82 Å². The number of nitrogens with one attached hydrogen (secondary N) is 1. The van der Waals surface area contributed by atoms with Crippen molar-refractivity contribution in [2.45, 2.75) is 0 Å². The van der Waals surface area contributed by atoms with Gasteiger partial charge in [0.15, 0.2) is 0 Å². The second-order valence-electron chi connectivity index (χ2n) is 3.66. The second kappa shape index (κ2) is 14.7. The summed E-state index contributed by atoms with van der Waals surface area (Å²) in [5.74, 6) is 0.882. The Bertz CT molecular complexity index is 424. The van der Waals surface area contributed by atoms with E-state index in [1.807, 2.05) is 30.3 Å². The Morgan fingerprint density at radius 1 is 0.857 bits per heavy atom. The minimum atomic E-state index is 0.544. The highest BCUT2D eigenvalue weighted by atomic mass is 35.5. The quantitative estimate of drug-likeness (QED) is 0.628. The Hall–Kier alpha value is -1.73. The van der Waals surface area contributed by atoms with Crippen LogP contribution in [0.1, 0.15) is 0 Å². The van der Waals surface area contributed by atoms with Gasteiger partial charge in [0.2, 0.25) is 0 Å². The van der Waals surface area contributed by atoms with E-state index in [0.717, 1.165) is 12.4 Å². The largest absolute Gasteiger partial charge is 0.369 e. The number of hydrogen-bond acceptors (Lipinski definition) is 6. The number of halogens is 1. The number of hydrogen-bond donors (Lipinski definition) is 4. The molecular formula is C14H23ClN6. The Labute approximate surface area is 130 Å². The third-order valence-corrected chi connectivity index (χ3v) is 2.13. The highest BCUT2D eigenvalue weighted by molar-refractivity contribution is 6.29. The molecule has 0 aliphatic heterocycles. The van der Waals surface area contributed by atoms with Gasteiger partial charge in [-0.2, -0.15) is 0 Å². The average molecular weight is 311 g/mol. The lowest BCUT2D eigenvalue weighted by Crippen LogP contribution is -2.13. The van der Waals surface area contributed by atoms with Crippen LogP contribution >= 0.6 is 11.6 Å². The smallest absolute Gasteiger partial charge is 0.129 e. The Morgan fingerprint density at radius 3 is 1.81 bits per heavy atom. The lowest BCUT2D eigenvalue weighted by molar-refractivity contribution is 0.976. The summed E-state index contributed by atoms with van der Waals surface area (Å²) in [5.41, 5.74) is 15.1. The molecule has 116 valence electrons. The van der Waals surface area contributed by atoms with E-state index in [2.05, 4.69) is 15.3 Å². The number of nitrogens with zero attached hydrogens (tertiary/aromatic N) is 2. The van der Waals surface area contributed by atoms with Crippen molar-refractivity contribution < 1.29 is 0 Å². The first kappa shape index (κ1) is 19.3. The van der Waals surface area contributed by atoms with E-state index >= 15 is 0 Å². The summed E-state index contributed by atoms with van der Waals surface area (Å²) >= 11 is 5.43. The Balaban J connectivity index is 0.000000317. The highest BCUT2D eigenvalue weighted by Crippen LogP contribution is 1.98. The summed E-state index contributed by atoms with van der Waals surface area (Å²) in [6, 6.07) is 11.1. The van der Waals surface area contributed by atoms with Crippen molar-refractivity contribution >= 4 is 17.4 Å². The Kier molecular flexibility index (Phi) is 13.5. The van der Waals surface area contributed by atoms with Crippen molar-refractivity contribution in [2.24, 2.45) is 17.2 Å². The minimum absolute atomic E-state index is 0.544. The zero-order valence-electron chi connectivity index (χ0n) is 12.0. The van der Waals surface area contributed by atoms with Gasteiger partial charge in [0, 0.05) is 38.6 Å². The highest BCUT2D eigenvalue weighted by Gasteiger charge is 1.85. The standard InChI is InChI=1S/C7H11N3.C5H4ClN.C2H8N2/c8-4-6-10-7-3-1-2-5-9-7;6-5-3-1-2-4-7-5;3-1-2-4/h1-3,5H,4,6,8H2,(H,9,10);1-4H;1-4H2. The van der Waals surface area contributed by atoms with E-state index in [0.29, 0.717) is 24.8 Å². The van der Waals surface area contributed by atoms with Crippen molar-refractivity contribution in [3.63, 3.8) is 0 Å². The number of rotatable bonds is 4. The molecule has 0 bridgehead atoms. The van der Waals surface area contributed by atoms with Crippen molar-refractivity contribution in [1.82, 2.24) is 9.97 Å². The van der Waals surface area contributed by atoms with Gasteiger partial charge in [-0.3, -0.25) is 0 Å². The first-order valence-corrected chi connectivity index (χ1v) is 6.94. The molecule has 6 nitrogen and oxygen atoms in total. The van der Waals surface area contributed by atoms with Gasteiger partial charge >= 0.3 is 0 Å². The third kappa shape index (κ3) is 13.0. The summed E-state index contributed by atoms with van der Waals surface area (Å²) in [4.78, 5) is 7.79. The average Bonchev–Trinajstić information content (AvgIpc) is 2.55. The molecule has 0 spiro atoms. The Morgan fingerprint density at radius 2 is 1.48 bits per heavy atom. The summed E-state index contributed by atoms with van der Waals surface area (Å²) < 4.78 is 0. The second-order valence-corrected chi connectivity index (χ2v) is 4.05. The van der Waals surface area contributed by atoms with Gasteiger partial charge in [-0.1, -0.05) is 23.7 Å². The summed E-state index contributed by atoms with van der Waals surface area (Å²) in [7, 11) is 0. The number of pyridine rings is 2. The molecule has 0 saturated heterocycles. The molecule has 0 aromatic carbocycles. The predicted molar refractivity (Wildman–Crippen MR) is 89.1 cm³/mol.